The molecule has 1 aliphatic heterocycles. The van der Waals surface area contributed by atoms with Gasteiger partial charge in [0.1, 0.15) is 6.61 Å². The average Bonchev–Trinajstić information content (AvgIpc) is 2.71. The lowest BCUT2D eigenvalue weighted by atomic mass is 10.1. The molecule has 0 bridgehead atoms. The quantitative estimate of drug-likeness (QED) is 0.609. The van der Waals surface area contributed by atoms with E-state index in [0.717, 1.165) is 23.5 Å². The summed E-state index contributed by atoms with van der Waals surface area (Å²) < 4.78 is 44.8. The van der Waals surface area contributed by atoms with Crippen LogP contribution in [-0.2, 0) is 6.18 Å². The lowest BCUT2D eigenvalue weighted by Crippen LogP contribution is -2.41. The summed E-state index contributed by atoms with van der Waals surface area (Å²) in [5, 5.41) is 2.83. The van der Waals surface area contributed by atoms with Gasteiger partial charge in [-0.3, -0.25) is 9.88 Å². The summed E-state index contributed by atoms with van der Waals surface area (Å²) in [6, 6.07) is 11.2. The highest BCUT2D eigenvalue weighted by atomic mass is 19.4. The van der Waals surface area contributed by atoms with Crippen LogP contribution in [0, 0.1) is 13.8 Å². The standard InChI is InChI=1S/C22H19F3N4O2/c1-13-10-17(11-14(2)26-13)27-21(30)29-8-9-31-19-7-6-18(28-20(19)29)15-4-3-5-16(12-15)22(23,24)25/h3-7,10-12H,8-9H2,1-2H3,(H,26,27,30). The number of benzene rings is 1. The molecule has 0 atom stereocenters. The smallest absolute Gasteiger partial charge is 0.416 e. The normalized spacial score (nSPS) is 13.4. The lowest BCUT2D eigenvalue weighted by Gasteiger charge is -2.29. The molecule has 0 radical (unpaired) electrons. The summed E-state index contributed by atoms with van der Waals surface area (Å²) >= 11 is 0. The minimum atomic E-state index is -4.46. The van der Waals surface area contributed by atoms with Crippen molar-refractivity contribution in [3.63, 3.8) is 0 Å². The molecule has 6 nitrogen and oxygen atoms in total. The number of fused-ring (bicyclic) bond motifs is 1. The number of carbonyl (C=O) groups is 1. The van der Waals surface area contributed by atoms with E-state index in [9.17, 15) is 18.0 Å². The number of urea groups is 1. The number of aromatic nitrogens is 2. The van der Waals surface area contributed by atoms with Gasteiger partial charge in [-0.15, -0.1) is 0 Å². The van der Waals surface area contributed by atoms with E-state index < -0.39 is 17.8 Å². The second kappa shape index (κ2) is 7.90. The first-order chi connectivity index (χ1) is 14.7. The van der Waals surface area contributed by atoms with Crippen LogP contribution in [0.3, 0.4) is 0 Å². The Hall–Kier alpha value is -3.62. The number of aryl methyl sites for hydroxylation is 2. The van der Waals surface area contributed by atoms with Crippen LogP contribution in [0.15, 0.2) is 48.5 Å². The summed E-state index contributed by atoms with van der Waals surface area (Å²) in [6.07, 6.45) is -4.46. The minimum absolute atomic E-state index is 0.251. The number of carbonyl (C=O) groups excluding carboxylic acids is 1. The van der Waals surface area contributed by atoms with Crippen molar-refractivity contribution in [2.24, 2.45) is 0 Å². The molecule has 1 N–H and O–H groups in total. The number of ether oxygens (including phenoxy) is 1. The van der Waals surface area contributed by atoms with Gasteiger partial charge in [0.25, 0.3) is 0 Å². The Morgan fingerprint density at radius 1 is 1.06 bits per heavy atom. The van der Waals surface area contributed by atoms with Crippen molar-refractivity contribution in [2.75, 3.05) is 23.4 Å². The van der Waals surface area contributed by atoms with Gasteiger partial charge in [0.2, 0.25) is 0 Å². The van der Waals surface area contributed by atoms with Gasteiger partial charge in [-0.05, 0) is 50.2 Å². The van der Waals surface area contributed by atoms with Crippen LogP contribution in [0.1, 0.15) is 17.0 Å². The van der Waals surface area contributed by atoms with Crippen LogP contribution in [0.4, 0.5) is 29.5 Å². The number of amides is 2. The monoisotopic (exact) mass is 428 g/mol. The SMILES string of the molecule is Cc1cc(NC(=O)N2CCOc3ccc(-c4cccc(C(F)(F)F)c4)nc32)cc(C)n1. The Bertz CT molecular complexity index is 1130. The molecule has 0 fully saturated rings. The number of hydrogen-bond acceptors (Lipinski definition) is 4. The van der Waals surface area contributed by atoms with Crippen molar-refractivity contribution in [1.82, 2.24) is 9.97 Å². The van der Waals surface area contributed by atoms with Crippen LogP contribution in [-0.4, -0.2) is 29.2 Å². The first-order valence-corrected chi connectivity index (χ1v) is 9.56. The molecule has 0 saturated heterocycles. The highest BCUT2D eigenvalue weighted by molar-refractivity contribution is 6.02. The van der Waals surface area contributed by atoms with E-state index in [4.69, 9.17) is 4.74 Å². The molecular weight excluding hydrogens is 409 g/mol. The largest absolute Gasteiger partial charge is 0.488 e. The van der Waals surface area contributed by atoms with Crippen LogP contribution in [0.5, 0.6) is 5.75 Å². The van der Waals surface area contributed by atoms with Crippen molar-refractivity contribution < 1.29 is 22.7 Å². The van der Waals surface area contributed by atoms with Gasteiger partial charge >= 0.3 is 12.2 Å². The van der Waals surface area contributed by atoms with Gasteiger partial charge in [0.15, 0.2) is 11.6 Å². The molecule has 4 rings (SSSR count). The molecule has 31 heavy (non-hydrogen) atoms. The minimum Gasteiger partial charge on any atom is -0.488 e. The van der Waals surface area contributed by atoms with Crippen molar-refractivity contribution >= 4 is 17.5 Å². The molecule has 3 heterocycles. The fourth-order valence-corrected chi connectivity index (χ4v) is 3.41. The maximum absolute atomic E-state index is 13.1. The Morgan fingerprint density at radius 2 is 1.81 bits per heavy atom. The number of halogens is 3. The summed E-state index contributed by atoms with van der Waals surface area (Å²) in [7, 11) is 0. The van der Waals surface area contributed by atoms with Crippen molar-refractivity contribution in [3.8, 4) is 17.0 Å². The zero-order chi connectivity index (χ0) is 22.2. The van der Waals surface area contributed by atoms with Gasteiger partial charge in [-0.2, -0.15) is 13.2 Å². The number of alkyl halides is 3. The van der Waals surface area contributed by atoms with Gasteiger partial charge in [-0.25, -0.2) is 9.78 Å². The van der Waals surface area contributed by atoms with Gasteiger partial charge in [0, 0.05) is 22.6 Å². The van der Waals surface area contributed by atoms with Gasteiger partial charge < -0.3 is 10.1 Å². The van der Waals surface area contributed by atoms with E-state index in [1.165, 1.54) is 11.0 Å². The fourth-order valence-electron chi connectivity index (χ4n) is 3.41. The highest BCUT2D eigenvalue weighted by Crippen LogP contribution is 2.35. The molecule has 0 unspecified atom stereocenters. The topological polar surface area (TPSA) is 67.4 Å². The second-order valence-corrected chi connectivity index (χ2v) is 7.17. The molecule has 0 spiro atoms. The van der Waals surface area contributed by atoms with E-state index in [0.29, 0.717) is 22.7 Å². The van der Waals surface area contributed by atoms with E-state index in [1.807, 2.05) is 13.8 Å². The van der Waals surface area contributed by atoms with Crippen molar-refractivity contribution in [2.45, 2.75) is 20.0 Å². The van der Waals surface area contributed by atoms with Crippen LogP contribution in [0.25, 0.3) is 11.3 Å². The molecule has 160 valence electrons. The highest BCUT2D eigenvalue weighted by Gasteiger charge is 2.31. The van der Waals surface area contributed by atoms with E-state index >= 15 is 0 Å². The first kappa shape index (κ1) is 20.6. The number of pyridine rings is 2. The lowest BCUT2D eigenvalue weighted by molar-refractivity contribution is -0.137. The Balaban J connectivity index is 1.66. The third-order valence-corrected chi connectivity index (χ3v) is 4.73. The molecule has 1 aromatic carbocycles. The molecule has 0 aliphatic carbocycles. The summed E-state index contributed by atoms with van der Waals surface area (Å²) in [6.45, 7) is 4.19. The first-order valence-electron chi connectivity index (χ1n) is 9.56. The number of hydrogen-bond donors (Lipinski definition) is 1. The van der Waals surface area contributed by atoms with E-state index in [1.54, 1.807) is 30.3 Å². The molecule has 2 amide bonds. The number of nitrogens with zero attached hydrogens (tertiary/aromatic N) is 3. The predicted molar refractivity (Wildman–Crippen MR) is 110 cm³/mol. The van der Waals surface area contributed by atoms with E-state index in [-0.39, 0.29) is 19.0 Å². The maximum Gasteiger partial charge on any atom is 0.416 e. The summed E-state index contributed by atoms with van der Waals surface area (Å²) in [4.78, 5) is 23.1. The molecule has 3 aromatic rings. The summed E-state index contributed by atoms with van der Waals surface area (Å²) in [5.41, 5.74) is 1.97. The van der Waals surface area contributed by atoms with Gasteiger partial charge in [-0.1, -0.05) is 12.1 Å². The fraction of sp³-hybridized carbons (Fsp3) is 0.227. The molecule has 0 saturated carbocycles. The Morgan fingerprint density at radius 3 is 2.52 bits per heavy atom. The summed E-state index contributed by atoms with van der Waals surface area (Å²) in [5.74, 6) is 0.639. The average molecular weight is 428 g/mol. The zero-order valence-corrected chi connectivity index (χ0v) is 16.8. The Kier molecular flexibility index (Phi) is 5.26. The number of rotatable bonds is 2. The van der Waals surface area contributed by atoms with Crippen molar-refractivity contribution in [1.29, 1.82) is 0 Å². The number of anilines is 2. The maximum atomic E-state index is 13.1. The van der Waals surface area contributed by atoms with Crippen LogP contribution >= 0.6 is 0 Å². The zero-order valence-electron chi connectivity index (χ0n) is 16.8. The second-order valence-electron chi connectivity index (χ2n) is 7.17. The molecular formula is C22H19F3N4O2. The molecule has 1 aliphatic rings. The van der Waals surface area contributed by atoms with Crippen LogP contribution < -0.4 is 15.0 Å². The van der Waals surface area contributed by atoms with Crippen molar-refractivity contribution in [3.05, 3.63) is 65.5 Å². The molecule has 9 heteroatoms. The number of nitrogens with one attached hydrogen (secondary N) is 1. The molecule has 2 aromatic heterocycles. The van der Waals surface area contributed by atoms with Gasteiger partial charge in [0.05, 0.1) is 17.8 Å². The Labute approximate surface area is 176 Å². The predicted octanol–water partition coefficient (Wildman–Crippen LogP) is 5.21. The van der Waals surface area contributed by atoms with Crippen LogP contribution in [0.2, 0.25) is 0 Å². The third-order valence-electron chi connectivity index (χ3n) is 4.73. The van der Waals surface area contributed by atoms with E-state index in [2.05, 4.69) is 15.3 Å². The third kappa shape index (κ3) is 4.45.